The Labute approximate surface area is 99.0 Å². The summed E-state index contributed by atoms with van der Waals surface area (Å²) in [4.78, 5) is 17.1. The highest BCUT2D eigenvalue weighted by molar-refractivity contribution is 6.62. The van der Waals surface area contributed by atoms with E-state index < -0.39 is 5.37 Å². The number of anilines is 1. The maximum Gasteiger partial charge on any atom is 0.328 e. The zero-order chi connectivity index (χ0) is 11.4. The van der Waals surface area contributed by atoms with Gasteiger partial charge in [-0.05, 0) is 23.7 Å². The maximum atomic E-state index is 10.7. The number of hydrogen-bond donors (Lipinski definition) is 1. The quantitative estimate of drug-likeness (QED) is 0.621. The third kappa shape index (κ3) is 2.84. The highest BCUT2D eigenvalue weighted by Crippen LogP contribution is 2.11. The Bertz CT molecular complexity index is 351. The predicted octanol–water partition coefficient (Wildman–Crippen LogP) is 1.07. The van der Waals surface area contributed by atoms with Crippen molar-refractivity contribution in [3.63, 3.8) is 0 Å². The number of amides is 1. The summed E-state index contributed by atoms with van der Waals surface area (Å²) in [5.41, 5.74) is 2.57. The van der Waals surface area contributed by atoms with Gasteiger partial charge in [-0.2, -0.15) is 0 Å². The minimum Gasteiger partial charge on any atom is -0.354 e. The van der Waals surface area contributed by atoms with Gasteiger partial charge in [0.15, 0.2) is 0 Å². The number of aromatic nitrogens is 1. The van der Waals surface area contributed by atoms with Crippen LogP contribution in [0.4, 0.5) is 10.6 Å². The van der Waals surface area contributed by atoms with E-state index in [1.165, 1.54) is 0 Å². The maximum absolute atomic E-state index is 10.7. The van der Waals surface area contributed by atoms with E-state index in [0.717, 1.165) is 32.0 Å². The van der Waals surface area contributed by atoms with Crippen molar-refractivity contribution in [3.8, 4) is 0 Å². The van der Waals surface area contributed by atoms with E-state index in [-0.39, 0.29) is 0 Å². The number of nitrogens with one attached hydrogen (secondary N) is 1. The van der Waals surface area contributed by atoms with Crippen molar-refractivity contribution in [1.82, 2.24) is 15.4 Å². The van der Waals surface area contributed by atoms with E-state index in [2.05, 4.69) is 15.3 Å². The van der Waals surface area contributed by atoms with Gasteiger partial charge in [0.1, 0.15) is 5.82 Å². The van der Waals surface area contributed by atoms with Crippen LogP contribution in [0.25, 0.3) is 0 Å². The lowest BCUT2D eigenvalue weighted by Crippen LogP contribution is -2.52. The topological polar surface area (TPSA) is 48.5 Å². The lowest BCUT2D eigenvalue weighted by molar-refractivity contribution is 0.184. The molecule has 1 N–H and O–H groups in total. The Morgan fingerprint density at radius 2 is 2.06 bits per heavy atom. The van der Waals surface area contributed by atoms with E-state index in [9.17, 15) is 4.79 Å². The summed E-state index contributed by atoms with van der Waals surface area (Å²) in [5, 5.41) is 1.28. The first kappa shape index (κ1) is 11.2. The Morgan fingerprint density at radius 3 is 2.62 bits per heavy atom. The number of hydrazine groups is 1. The third-order valence-corrected chi connectivity index (χ3v) is 2.58. The number of piperazine rings is 1. The van der Waals surface area contributed by atoms with Gasteiger partial charge in [0.05, 0.1) is 0 Å². The fourth-order valence-corrected chi connectivity index (χ4v) is 1.83. The van der Waals surface area contributed by atoms with Gasteiger partial charge in [0, 0.05) is 32.4 Å². The molecule has 0 radical (unpaired) electrons. The van der Waals surface area contributed by atoms with Crippen LogP contribution in [0.2, 0.25) is 0 Å². The average molecular weight is 241 g/mol. The first-order chi connectivity index (χ1) is 7.75. The molecule has 1 fully saturated rings. The van der Waals surface area contributed by atoms with Crippen LogP contribution in [0, 0.1) is 0 Å². The molecule has 0 bridgehead atoms. The number of hydrogen-bond acceptors (Lipinski definition) is 4. The Hall–Kier alpha value is -1.33. The molecule has 6 heteroatoms. The van der Waals surface area contributed by atoms with E-state index in [0.29, 0.717) is 0 Å². The molecular formula is C10H13ClN4O. The van der Waals surface area contributed by atoms with Gasteiger partial charge in [-0.15, -0.1) is 0 Å². The van der Waals surface area contributed by atoms with Crippen LogP contribution in [0.3, 0.4) is 0 Å². The van der Waals surface area contributed by atoms with Crippen molar-refractivity contribution >= 4 is 22.8 Å². The predicted molar refractivity (Wildman–Crippen MR) is 62.4 cm³/mol. The second-order valence-electron chi connectivity index (χ2n) is 3.55. The molecule has 2 rings (SSSR count). The molecule has 1 amide bonds. The van der Waals surface area contributed by atoms with E-state index >= 15 is 0 Å². The van der Waals surface area contributed by atoms with Crippen molar-refractivity contribution in [3.05, 3.63) is 24.4 Å². The molecule has 1 aromatic rings. The molecule has 1 saturated heterocycles. The zero-order valence-corrected chi connectivity index (χ0v) is 9.52. The summed E-state index contributed by atoms with van der Waals surface area (Å²) in [6, 6.07) is 5.85. The number of rotatable bonds is 2. The molecule has 0 spiro atoms. The fourth-order valence-electron chi connectivity index (χ4n) is 1.71. The molecule has 0 aliphatic carbocycles. The average Bonchev–Trinajstić information content (AvgIpc) is 2.30. The Kier molecular flexibility index (Phi) is 3.58. The molecule has 0 unspecified atom stereocenters. The number of nitrogens with zero attached hydrogens (tertiary/aromatic N) is 3. The second-order valence-corrected chi connectivity index (χ2v) is 3.89. The minimum absolute atomic E-state index is 0.536. The van der Waals surface area contributed by atoms with Crippen LogP contribution in [0.15, 0.2) is 24.4 Å². The summed E-state index contributed by atoms with van der Waals surface area (Å²) in [6.07, 6.45) is 1.78. The summed E-state index contributed by atoms with van der Waals surface area (Å²) >= 11 is 5.25. The van der Waals surface area contributed by atoms with Crippen molar-refractivity contribution < 1.29 is 4.79 Å². The number of pyridine rings is 1. The molecule has 1 aromatic heterocycles. The van der Waals surface area contributed by atoms with E-state index in [1.54, 1.807) is 6.20 Å². The molecule has 1 aliphatic heterocycles. The largest absolute Gasteiger partial charge is 0.354 e. The summed E-state index contributed by atoms with van der Waals surface area (Å²) < 4.78 is 0. The molecule has 16 heavy (non-hydrogen) atoms. The van der Waals surface area contributed by atoms with Crippen LogP contribution in [0.5, 0.6) is 0 Å². The third-order valence-electron chi connectivity index (χ3n) is 2.50. The Balaban J connectivity index is 1.88. The molecule has 0 saturated carbocycles. The van der Waals surface area contributed by atoms with Crippen LogP contribution < -0.4 is 10.3 Å². The van der Waals surface area contributed by atoms with Crippen molar-refractivity contribution in [2.45, 2.75) is 0 Å². The van der Waals surface area contributed by atoms with Gasteiger partial charge in [0.2, 0.25) is 0 Å². The molecule has 0 atom stereocenters. The number of carbonyl (C=O) groups is 1. The Morgan fingerprint density at radius 1 is 1.31 bits per heavy atom. The standard InChI is InChI=1S/C10H13ClN4O/c11-10(16)13-15-7-5-14(6-8-15)9-3-1-2-4-12-9/h1-4H,5-8H2,(H,13,16). The van der Waals surface area contributed by atoms with Gasteiger partial charge in [-0.25, -0.2) is 9.99 Å². The first-order valence-corrected chi connectivity index (χ1v) is 5.50. The van der Waals surface area contributed by atoms with Crippen LogP contribution >= 0.6 is 11.6 Å². The highest BCUT2D eigenvalue weighted by atomic mass is 35.5. The molecule has 2 heterocycles. The smallest absolute Gasteiger partial charge is 0.328 e. The molecule has 1 aliphatic rings. The minimum atomic E-state index is -0.536. The van der Waals surface area contributed by atoms with Crippen LogP contribution in [-0.4, -0.2) is 41.5 Å². The molecular weight excluding hydrogens is 228 g/mol. The van der Waals surface area contributed by atoms with Crippen molar-refractivity contribution in [2.75, 3.05) is 31.1 Å². The first-order valence-electron chi connectivity index (χ1n) is 5.13. The van der Waals surface area contributed by atoms with Gasteiger partial charge < -0.3 is 4.90 Å². The molecule has 0 aromatic carbocycles. The van der Waals surface area contributed by atoms with Gasteiger partial charge in [-0.3, -0.25) is 10.2 Å². The molecule has 5 nitrogen and oxygen atoms in total. The monoisotopic (exact) mass is 240 g/mol. The highest BCUT2D eigenvalue weighted by Gasteiger charge is 2.18. The number of halogens is 1. The van der Waals surface area contributed by atoms with E-state index in [1.807, 2.05) is 23.2 Å². The summed E-state index contributed by atoms with van der Waals surface area (Å²) in [5.74, 6) is 0.972. The van der Waals surface area contributed by atoms with Crippen LogP contribution in [-0.2, 0) is 0 Å². The summed E-state index contributed by atoms with van der Waals surface area (Å²) in [6.45, 7) is 3.15. The second kappa shape index (κ2) is 5.14. The lowest BCUT2D eigenvalue weighted by Gasteiger charge is -2.34. The zero-order valence-electron chi connectivity index (χ0n) is 8.77. The van der Waals surface area contributed by atoms with Gasteiger partial charge in [0.25, 0.3) is 0 Å². The van der Waals surface area contributed by atoms with Gasteiger partial charge in [-0.1, -0.05) is 6.07 Å². The van der Waals surface area contributed by atoms with Crippen molar-refractivity contribution in [1.29, 1.82) is 0 Å². The fraction of sp³-hybridized carbons (Fsp3) is 0.400. The van der Waals surface area contributed by atoms with E-state index in [4.69, 9.17) is 11.6 Å². The lowest BCUT2D eigenvalue weighted by atomic mass is 10.3. The summed E-state index contributed by atoms with van der Waals surface area (Å²) in [7, 11) is 0. The van der Waals surface area contributed by atoms with Crippen molar-refractivity contribution in [2.24, 2.45) is 0 Å². The normalized spacial score (nSPS) is 17.2. The SMILES string of the molecule is O=C(Cl)NN1CCN(c2ccccn2)CC1. The van der Waals surface area contributed by atoms with Gasteiger partial charge >= 0.3 is 5.37 Å². The molecule has 86 valence electrons. The van der Waals surface area contributed by atoms with Crippen LogP contribution in [0.1, 0.15) is 0 Å². The number of carbonyl (C=O) groups excluding carboxylic acids is 1.